The minimum Gasteiger partial charge on any atom is -0.504 e. The number of nitrogens with zero attached hydrogens (tertiary/aromatic N) is 1. The van der Waals surface area contributed by atoms with Gasteiger partial charge in [0.05, 0.1) is 23.0 Å². The van der Waals surface area contributed by atoms with E-state index in [9.17, 15) is 14.7 Å². The van der Waals surface area contributed by atoms with Gasteiger partial charge in [-0.05, 0) is 51.5 Å². The molecule has 0 unspecified atom stereocenters. The largest absolute Gasteiger partial charge is 0.504 e. The summed E-state index contributed by atoms with van der Waals surface area (Å²) in [6.45, 7) is 6.27. The topological polar surface area (TPSA) is 76.5 Å². The summed E-state index contributed by atoms with van der Waals surface area (Å²) in [5, 5.41) is 11.2. The van der Waals surface area contributed by atoms with E-state index in [4.69, 9.17) is 4.74 Å². The van der Waals surface area contributed by atoms with Gasteiger partial charge in [0, 0.05) is 11.8 Å². The lowest BCUT2D eigenvalue weighted by atomic mass is 9.92. The fourth-order valence-corrected chi connectivity index (χ4v) is 3.93. The van der Waals surface area contributed by atoms with Crippen LogP contribution in [0.3, 0.4) is 0 Å². The maximum Gasteiger partial charge on any atom is 0.306 e. The van der Waals surface area contributed by atoms with E-state index in [1.54, 1.807) is 6.92 Å². The highest BCUT2D eigenvalue weighted by Gasteiger charge is 2.20. The van der Waals surface area contributed by atoms with Crippen LogP contribution in [-0.2, 0) is 9.53 Å². The molecule has 0 aliphatic heterocycles. The van der Waals surface area contributed by atoms with Gasteiger partial charge in [0.15, 0.2) is 11.5 Å². The molecule has 1 N–H and O–H groups in total. The average molecular weight is 470 g/mol. The zero-order valence-electron chi connectivity index (χ0n) is 17.2. The number of aromatic hydroxyl groups is 1. The van der Waals surface area contributed by atoms with Crippen LogP contribution >= 0.6 is 15.9 Å². The number of carbonyl (C=O) groups is 2. The summed E-state index contributed by atoms with van der Waals surface area (Å²) in [5.74, 6) is -0.711. The SMILES string of the molecule is CCOC(=O)CCC(=O)c1nc2cc(-c3ccccc3C(C)C)ccc2c(Br)c1O. The van der Waals surface area contributed by atoms with Gasteiger partial charge in [0.25, 0.3) is 0 Å². The number of carbonyl (C=O) groups excluding carboxylic acids is 2. The Morgan fingerprint density at radius 2 is 1.87 bits per heavy atom. The first kappa shape index (κ1) is 22.0. The van der Waals surface area contributed by atoms with Gasteiger partial charge in [-0.1, -0.05) is 50.2 Å². The maximum absolute atomic E-state index is 12.6. The van der Waals surface area contributed by atoms with E-state index in [1.165, 1.54) is 5.56 Å². The van der Waals surface area contributed by atoms with Crippen LogP contribution in [0.15, 0.2) is 46.9 Å². The van der Waals surface area contributed by atoms with Gasteiger partial charge in [0.1, 0.15) is 5.69 Å². The Bertz CT molecular complexity index is 1110. The average Bonchev–Trinajstić information content (AvgIpc) is 2.74. The molecule has 3 rings (SSSR count). The van der Waals surface area contributed by atoms with E-state index in [2.05, 4.69) is 46.9 Å². The molecule has 0 aliphatic rings. The lowest BCUT2D eigenvalue weighted by Crippen LogP contribution is -2.09. The van der Waals surface area contributed by atoms with Crippen LogP contribution in [0.5, 0.6) is 5.75 Å². The Balaban J connectivity index is 2.03. The van der Waals surface area contributed by atoms with Crippen molar-refractivity contribution in [1.29, 1.82) is 0 Å². The van der Waals surface area contributed by atoms with Gasteiger partial charge in [-0.15, -0.1) is 0 Å². The minimum atomic E-state index is -0.447. The molecule has 0 spiro atoms. The number of ether oxygens (including phenoxy) is 1. The van der Waals surface area contributed by atoms with Crippen molar-refractivity contribution in [2.45, 2.75) is 39.5 Å². The molecule has 0 atom stereocenters. The molecule has 0 bridgehead atoms. The second kappa shape index (κ2) is 9.39. The number of pyridine rings is 1. The van der Waals surface area contributed by atoms with Crippen LogP contribution in [-0.4, -0.2) is 28.4 Å². The smallest absolute Gasteiger partial charge is 0.306 e. The number of rotatable bonds is 7. The molecule has 5 nitrogen and oxygen atoms in total. The Morgan fingerprint density at radius 3 is 2.57 bits per heavy atom. The van der Waals surface area contributed by atoms with E-state index in [-0.39, 0.29) is 30.9 Å². The predicted molar refractivity (Wildman–Crippen MR) is 121 cm³/mol. The fraction of sp³-hybridized carbons (Fsp3) is 0.292. The van der Waals surface area contributed by atoms with Gasteiger partial charge in [-0.3, -0.25) is 9.59 Å². The van der Waals surface area contributed by atoms with Crippen molar-refractivity contribution in [3.63, 3.8) is 0 Å². The maximum atomic E-state index is 12.6. The molecule has 156 valence electrons. The Hall–Kier alpha value is -2.73. The highest BCUT2D eigenvalue weighted by molar-refractivity contribution is 9.10. The second-order valence-electron chi connectivity index (χ2n) is 7.33. The van der Waals surface area contributed by atoms with Crippen molar-refractivity contribution in [1.82, 2.24) is 4.98 Å². The minimum absolute atomic E-state index is 0.0482. The van der Waals surface area contributed by atoms with Gasteiger partial charge in [0.2, 0.25) is 0 Å². The second-order valence-corrected chi connectivity index (χ2v) is 8.12. The molecule has 3 aromatic rings. The first-order valence-corrected chi connectivity index (χ1v) is 10.7. The molecule has 0 fully saturated rings. The number of benzene rings is 2. The quantitative estimate of drug-likeness (QED) is 0.338. The van der Waals surface area contributed by atoms with Crippen molar-refractivity contribution in [2.24, 2.45) is 0 Å². The summed E-state index contributed by atoms with van der Waals surface area (Å²) in [7, 11) is 0. The summed E-state index contributed by atoms with van der Waals surface area (Å²) in [6.07, 6.45) is -0.127. The van der Waals surface area contributed by atoms with E-state index in [0.717, 1.165) is 11.1 Å². The van der Waals surface area contributed by atoms with Crippen LogP contribution in [0.2, 0.25) is 0 Å². The predicted octanol–water partition coefficient (Wildman–Crippen LogP) is 6.02. The van der Waals surface area contributed by atoms with E-state index >= 15 is 0 Å². The third-order valence-electron chi connectivity index (χ3n) is 4.92. The van der Waals surface area contributed by atoms with Gasteiger partial charge < -0.3 is 9.84 Å². The summed E-state index contributed by atoms with van der Waals surface area (Å²) in [4.78, 5) is 28.6. The Labute approximate surface area is 184 Å². The molecule has 0 radical (unpaired) electrons. The van der Waals surface area contributed by atoms with Gasteiger partial charge in [-0.25, -0.2) is 4.98 Å². The van der Waals surface area contributed by atoms with Crippen molar-refractivity contribution in [2.75, 3.05) is 6.61 Å². The fourth-order valence-electron chi connectivity index (χ4n) is 3.41. The molecule has 0 saturated heterocycles. The van der Waals surface area contributed by atoms with Crippen LogP contribution < -0.4 is 0 Å². The first-order valence-electron chi connectivity index (χ1n) is 9.93. The number of halogens is 1. The summed E-state index contributed by atoms with van der Waals surface area (Å²) < 4.78 is 5.28. The molecule has 1 aromatic heterocycles. The van der Waals surface area contributed by atoms with Crippen molar-refractivity contribution >= 4 is 38.6 Å². The molecule has 1 heterocycles. The molecular formula is C24H24BrNO4. The monoisotopic (exact) mass is 469 g/mol. The summed E-state index contributed by atoms with van der Waals surface area (Å²) in [5.41, 5.74) is 3.86. The number of hydrogen-bond acceptors (Lipinski definition) is 5. The number of fused-ring (bicyclic) bond motifs is 1. The number of esters is 1. The van der Waals surface area contributed by atoms with E-state index in [0.29, 0.717) is 21.3 Å². The summed E-state index contributed by atoms with van der Waals surface area (Å²) >= 11 is 3.39. The lowest BCUT2D eigenvalue weighted by Gasteiger charge is -2.14. The normalized spacial score (nSPS) is 11.1. The van der Waals surface area contributed by atoms with Gasteiger partial charge in [-0.2, -0.15) is 0 Å². The zero-order valence-corrected chi connectivity index (χ0v) is 18.8. The van der Waals surface area contributed by atoms with Gasteiger partial charge >= 0.3 is 5.97 Å². The Morgan fingerprint density at radius 1 is 1.13 bits per heavy atom. The molecule has 0 saturated carbocycles. The van der Waals surface area contributed by atoms with E-state index < -0.39 is 11.8 Å². The molecule has 30 heavy (non-hydrogen) atoms. The molecule has 2 aromatic carbocycles. The number of aromatic nitrogens is 1. The highest BCUT2D eigenvalue weighted by Crippen LogP contribution is 2.37. The van der Waals surface area contributed by atoms with E-state index in [1.807, 2.05) is 30.3 Å². The number of ketones is 1. The van der Waals surface area contributed by atoms with Crippen molar-refractivity contribution in [3.05, 3.63) is 58.2 Å². The molecular weight excluding hydrogens is 446 g/mol. The first-order chi connectivity index (χ1) is 14.3. The lowest BCUT2D eigenvalue weighted by molar-refractivity contribution is -0.143. The molecule has 0 amide bonds. The third-order valence-corrected chi connectivity index (χ3v) is 5.72. The Kier molecular flexibility index (Phi) is 6.87. The third kappa shape index (κ3) is 4.54. The zero-order chi connectivity index (χ0) is 21.8. The molecule has 0 aliphatic carbocycles. The van der Waals surface area contributed by atoms with Crippen molar-refractivity contribution in [3.8, 4) is 16.9 Å². The van der Waals surface area contributed by atoms with Crippen LogP contribution in [0, 0.1) is 0 Å². The number of hydrogen-bond donors (Lipinski definition) is 1. The molecule has 6 heteroatoms. The highest BCUT2D eigenvalue weighted by atomic mass is 79.9. The van der Waals surface area contributed by atoms with Crippen LogP contribution in [0.1, 0.15) is 55.6 Å². The van der Waals surface area contributed by atoms with Crippen LogP contribution in [0.4, 0.5) is 0 Å². The summed E-state index contributed by atoms with van der Waals surface area (Å²) in [6, 6.07) is 14.0. The van der Waals surface area contributed by atoms with Crippen molar-refractivity contribution < 1.29 is 19.4 Å². The number of Topliss-reactive ketones (excluding diaryl/α,β-unsaturated/α-hetero) is 1. The standard InChI is InChI=1S/C24H24BrNO4/c1-4-30-21(28)12-11-20(27)23-24(29)22(25)18-10-9-15(13-19(18)26-23)17-8-6-5-7-16(17)14(2)3/h5-10,13-14,29H,4,11-12H2,1-3H3. The van der Waals surface area contributed by atoms with Crippen LogP contribution in [0.25, 0.3) is 22.0 Å².